The number of aliphatic carboxylic acids is 1. The number of hydrogen-bond donors (Lipinski definition) is 1. The molecule has 1 N–H and O–H groups in total. The maximum absolute atomic E-state index is 11.7. The summed E-state index contributed by atoms with van der Waals surface area (Å²) in [7, 11) is 0. The predicted octanol–water partition coefficient (Wildman–Crippen LogP) is 5.37. The van der Waals surface area contributed by atoms with Gasteiger partial charge in [-0.1, -0.05) is 27.2 Å². The molecule has 2 heteroatoms. The Hall–Kier alpha value is -0.530. The first-order valence-electron chi connectivity index (χ1n) is 10.1. The molecule has 0 heterocycles. The van der Waals surface area contributed by atoms with Gasteiger partial charge < -0.3 is 5.11 Å². The van der Waals surface area contributed by atoms with Crippen LogP contribution in [0.3, 0.4) is 0 Å². The van der Waals surface area contributed by atoms with Gasteiger partial charge in [0.1, 0.15) is 0 Å². The minimum atomic E-state index is -0.528. The highest BCUT2D eigenvalue weighted by atomic mass is 16.4. The Kier molecular flexibility index (Phi) is 3.63. The van der Waals surface area contributed by atoms with Crippen molar-refractivity contribution in [2.45, 2.75) is 78.6 Å². The molecule has 4 saturated carbocycles. The van der Waals surface area contributed by atoms with Crippen molar-refractivity contribution >= 4 is 5.97 Å². The third-order valence-electron chi connectivity index (χ3n) is 9.23. The molecular formula is C21H34O2. The molecule has 0 aromatic carbocycles. The van der Waals surface area contributed by atoms with E-state index in [1.54, 1.807) is 0 Å². The molecule has 8 atom stereocenters. The minimum Gasteiger partial charge on any atom is -0.481 e. The van der Waals surface area contributed by atoms with Gasteiger partial charge in [0.05, 0.1) is 5.92 Å². The van der Waals surface area contributed by atoms with Crippen molar-refractivity contribution in [1.82, 2.24) is 0 Å². The van der Waals surface area contributed by atoms with Gasteiger partial charge in [-0.25, -0.2) is 0 Å². The Labute approximate surface area is 141 Å². The third kappa shape index (κ3) is 2.15. The standard InChI is InChI=1S/C21H34O2/c1-13-8-10-20(2)14(12-13)4-5-15-16-6-7-18(19(22)23)21(16,3)11-9-17(15)20/h13-18H,4-12H2,1-3H3,(H,22,23)/t13-,14?,15-,16?,17?,18+,20-,21-/m0/s1. The summed E-state index contributed by atoms with van der Waals surface area (Å²) < 4.78 is 0. The molecule has 4 aliphatic carbocycles. The van der Waals surface area contributed by atoms with Crippen LogP contribution in [0, 0.1) is 46.3 Å². The second kappa shape index (κ2) is 5.23. The van der Waals surface area contributed by atoms with Crippen molar-refractivity contribution in [2.24, 2.45) is 46.3 Å². The van der Waals surface area contributed by atoms with Gasteiger partial charge in [-0.2, -0.15) is 0 Å². The zero-order valence-electron chi connectivity index (χ0n) is 15.2. The highest BCUT2D eigenvalue weighted by Gasteiger charge is 2.61. The highest BCUT2D eigenvalue weighted by Crippen LogP contribution is 2.67. The Bertz CT molecular complexity index is 500. The number of fused-ring (bicyclic) bond motifs is 5. The van der Waals surface area contributed by atoms with Gasteiger partial charge >= 0.3 is 5.97 Å². The molecule has 2 nitrogen and oxygen atoms in total. The van der Waals surface area contributed by atoms with Crippen LogP contribution in [0.25, 0.3) is 0 Å². The average molecular weight is 319 g/mol. The molecule has 4 aliphatic rings. The van der Waals surface area contributed by atoms with Gasteiger partial charge in [-0.3, -0.25) is 4.79 Å². The second-order valence-corrected chi connectivity index (χ2v) is 10.0. The third-order valence-corrected chi connectivity index (χ3v) is 9.23. The van der Waals surface area contributed by atoms with Crippen LogP contribution in [-0.4, -0.2) is 11.1 Å². The maximum Gasteiger partial charge on any atom is 0.307 e. The van der Waals surface area contributed by atoms with E-state index in [9.17, 15) is 9.90 Å². The van der Waals surface area contributed by atoms with Gasteiger partial charge in [0, 0.05) is 0 Å². The molecule has 0 amide bonds. The second-order valence-electron chi connectivity index (χ2n) is 10.0. The van der Waals surface area contributed by atoms with E-state index in [0.29, 0.717) is 11.3 Å². The van der Waals surface area contributed by atoms with Gasteiger partial charge in [0.25, 0.3) is 0 Å². The molecule has 0 aromatic heterocycles. The lowest BCUT2D eigenvalue weighted by molar-refractivity contribution is -0.152. The quantitative estimate of drug-likeness (QED) is 0.706. The fourth-order valence-electron chi connectivity index (χ4n) is 7.88. The predicted molar refractivity (Wildman–Crippen MR) is 92.0 cm³/mol. The van der Waals surface area contributed by atoms with Crippen molar-refractivity contribution in [1.29, 1.82) is 0 Å². The van der Waals surface area contributed by atoms with Crippen molar-refractivity contribution in [2.75, 3.05) is 0 Å². The van der Waals surface area contributed by atoms with E-state index >= 15 is 0 Å². The summed E-state index contributed by atoms with van der Waals surface area (Å²) in [5.41, 5.74) is 0.635. The number of carboxylic acids is 1. The minimum absolute atomic E-state index is 0.0784. The Balaban J connectivity index is 1.61. The van der Waals surface area contributed by atoms with Crippen LogP contribution in [-0.2, 0) is 4.79 Å². The van der Waals surface area contributed by atoms with E-state index in [4.69, 9.17) is 0 Å². The first-order valence-corrected chi connectivity index (χ1v) is 10.1. The van der Waals surface area contributed by atoms with Crippen LogP contribution < -0.4 is 0 Å². The number of carbonyl (C=O) groups is 1. The van der Waals surface area contributed by atoms with E-state index in [1.807, 2.05) is 0 Å². The topological polar surface area (TPSA) is 37.3 Å². The molecule has 0 aliphatic heterocycles. The maximum atomic E-state index is 11.7. The van der Waals surface area contributed by atoms with Crippen molar-refractivity contribution in [3.8, 4) is 0 Å². The lowest BCUT2D eigenvalue weighted by atomic mass is 9.44. The lowest BCUT2D eigenvalue weighted by Crippen LogP contribution is -2.53. The summed E-state index contributed by atoms with van der Waals surface area (Å²) >= 11 is 0. The number of hydrogen-bond acceptors (Lipinski definition) is 1. The van der Waals surface area contributed by atoms with Crippen molar-refractivity contribution in [3.63, 3.8) is 0 Å². The van der Waals surface area contributed by atoms with Crippen LogP contribution in [0.2, 0.25) is 0 Å². The molecule has 4 rings (SSSR count). The molecule has 0 bridgehead atoms. The van der Waals surface area contributed by atoms with Gasteiger partial charge in [-0.05, 0) is 91.8 Å². The van der Waals surface area contributed by atoms with Crippen LogP contribution in [0.4, 0.5) is 0 Å². The fourth-order valence-corrected chi connectivity index (χ4v) is 7.88. The highest BCUT2D eigenvalue weighted by molar-refractivity contribution is 5.71. The zero-order chi connectivity index (χ0) is 16.4. The van der Waals surface area contributed by atoms with Crippen LogP contribution in [0.15, 0.2) is 0 Å². The fraction of sp³-hybridized carbons (Fsp3) is 0.952. The monoisotopic (exact) mass is 318 g/mol. The van der Waals surface area contributed by atoms with Crippen LogP contribution >= 0.6 is 0 Å². The SMILES string of the molecule is C[C@H]1CC[C@@]2(C)C(CC[C@@H]3C2CC[C@@]2(C)C3CC[C@@H]2C(=O)O)C1. The first-order chi connectivity index (χ1) is 10.9. The molecule has 23 heavy (non-hydrogen) atoms. The molecule has 0 saturated heterocycles. The molecule has 3 unspecified atom stereocenters. The molecule has 0 radical (unpaired) electrons. The lowest BCUT2D eigenvalue weighted by Gasteiger charge is -2.61. The van der Waals surface area contributed by atoms with Crippen molar-refractivity contribution < 1.29 is 9.90 Å². The number of carboxylic acid groups (broad SMARTS) is 1. The normalized spacial score (nSPS) is 55.6. The van der Waals surface area contributed by atoms with Crippen LogP contribution in [0.1, 0.15) is 78.6 Å². The van der Waals surface area contributed by atoms with E-state index in [-0.39, 0.29) is 11.3 Å². The number of rotatable bonds is 1. The summed E-state index contributed by atoms with van der Waals surface area (Å²) in [6.07, 6.45) is 11.6. The summed E-state index contributed by atoms with van der Waals surface area (Å²) in [5.74, 6) is 3.62. The summed E-state index contributed by atoms with van der Waals surface area (Å²) in [5, 5.41) is 9.68. The Morgan fingerprint density at radius 2 is 1.61 bits per heavy atom. The molecule has 0 spiro atoms. The smallest absolute Gasteiger partial charge is 0.307 e. The molecular weight excluding hydrogens is 284 g/mol. The Morgan fingerprint density at radius 3 is 2.35 bits per heavy atom. The van der Waals surface area contributed by atoms with Crippen molar-refractivity contribution in [3.05, 3.63) is 0 Å². The van der Waals surface area contributed by atoms with Gasteiger partial charge in [0.15, 0.2) is 0 Å². The zero-order valence-corrected chi connectivity index (χ0v) is 15.2. The molecule has 130 valence electrons. The van der Waals surface area contributed by atoms with E-state index in [1.165, 1.54) is 44.9 Å². The van der Waals surface area contributed by atoms with Gasteiger partial charge in [-0.15, -0.1) is 0 Å². The van der Waals surface area contributed by atoms with Gasteiger partial charge in [0.2, 0.25) is 0 Å². The molecule has 4 fully saturated rings. The van der Waals surface area contributed by atoms with Crippen LogP contribution in [0.5, 0.6) is 0 Å². The van der Waals surface area contributed by atoms with E-state index < -0.39 is 5.97 Å². The van der Waals surface area contributed by atoms with E-state index in [2.05, 4.69) is 20.8 Å². The first kappa shape index (κ1) is 16.0. The largest absolute Gasteiger partial charge is 0.481 e. The average Bonchev–Trinajstić information content (AvgIpc) is 2.85. The Morgan fingerprint density at radius 1 is 0.913 bits per heavy atom. The summed E-state index contributed by atoms with van der Waals surface area (Å²) in [6, 6.07) is 0. The van der Waals surface area contributed by atoms with E-state index in [0.717, 1.165) is 36.5 Å². The summed E-state index contributed by atoms with van der Waals surface area (Å²) in [6.45, 7) is 7.36. The molecule has 0 aromatic rings. The summed E-state index contributed by atoms with van der Waals surface area (Å²) in [4.78, 5) is 11.7.